The van der Waals surface area contributed by atoms with Crippen LogP contribution in [0, 0.1) is 5.92 Å². The highest BCUT2D eigenvalue weighted by Gasteiger charge is 2.24. The zero-order valence-electron chi connectivity index (χ0n) is 17.6. The minimum absolute atomic E-state index is 0.0464. The molecule has 158 valence electrons. The third kappa shape index (κ3) is 3.84. The second-order valence-electron chi connectivity index (χ2n) is 8.58. The van der Waals surface area contributed by atoms with Gasteiger partial charge in [0.15, 0.2) is 5.82 Å². The van der Waals surface area contributed by atoms with Crippen LogP contribution >= 0.6 is 0 Å². The average molecular weight is 408 g/mol. The lowest BCUT2D eigenvalue weighted by Crippen LogP contribution is -2.37. The Morgan fingerprint density at radius 2 is 1.93 bits per heavy atom. The number of rotatable bonds is 5. The Morgan fingerprint density at radius 3 is 2.73 bits per heavy atom. The summed E-state index contributed by atoms with van der Waals surface area (Å²) in [5, 5.41) is 13.5. The van der Waals surface area contributed by atoms with Crippen LogP contribution in [0.1, 0.15) is 42.6 Å². The molecule has 1 fully saturated rings. The summed E-state index contributed by atoms with van der Waals surface area (Å²) in [5.41, 5.74) is 4.16. The van der Waals surface area contributed by atoms with Gasteiger partial charge in [-0.1, -0.05) is 0 Å². The van der Waals surface area contributed by atoms with Gasteiger partial charge in [0, 0.05) is 38.6 Å². The molecule has 8 heteroatoms. The molecule has 0 radical (unpaired) electrons. The molecule has 3 aromatic heterocycles. The highest BCUT2D eigenvalue weighted by molar-refractivity contribution is 5.28. The second-order valence-corrected chi connectivity index (χ2v) is 8.58. The van der Waals surface area contributed by atoms with Crippen LogP contribution in [0.2, 0.25) is 0 Å². The highest BCUT2D eigenvalue weighted by atomic mass is 16.1. The van der Waals surface area contributed by atoms with E-state index in [1.54, 1.807) is 27.7 Å². The summed E-state index contributed by atoms with van der Waals surface area (Å²) in [6, 6.07) is 5.17. The maximum atomic E-state index is 12.3. The summed E-state index contributed by atoms with van der Waals surface area (Å²) in [6.45, 7) is 3.76. The van der Waals surface area contributed by atoms with Crippen molar-refractivity contribution in [2.75, 3.05) is 13.1 Å². The Labute approximate surface area is 176 Å². The van der Waals surface area contributed by atoms with Gasteiger partial charge in [-0.3, -0.25) is 14.4 Å². The van der Waals surface area contributed by atoms with Gasteiger partial charge in [0.1, 0.15) is 0 Å². The number of nitrogens with zero attached hydrogens (tertiary/aromatic N) is 7. The van der Waals surface area contributed by atoms with E-state index >= 15 is 0 Å². The smallest absolute Gasteiger partial charge is 0.266 e. The lowest BCUT2D eigenvalue weighted by atomic mass is 9.94. The van der Waals surface area contributed by atoms with Crippen molar-refractivity contribution in [2.45, 2.75) is 51.6 Å². The number of fused-ring (bicyclic) bond motifs is 1. The lowest BCUT2D eigenvalue weighted by Gasteiger charge is -2.32. The second kappa shape index (κ2) is 8.18. The first-order valence-corrected chi connectivity index (χ1v) is 11.0. The Hall–Kier alpha value is -2.74. The minimum Gasteiger partial charge on any atom is -0.297 e. The molecule has 2 aliphatic rings. The van der Waals surface area contributed by atoms with Crippen molar-refractivity contribution < 1.29 is 0 Å². The standard InChI is InChI=1S/C22H29N7O/c1-26-20(18-5-2-3-6-19(18)24-26)16-27-13-9-17(10-14-27)15-29-22(30)8-7-21(25-29)28-12-4-11-23-28/h4,7-8,11-12,17H,2-3,5-6,9-10,13-16H2,1H3. The van der Waals surface area contributed by atoms with Gasteiger partial charge in [-0.15, -0.1) is 5.10 Å². The number of likely N-dealkylation sites (tertiary alicyclic amines) is 1. The maximum absolute atomic E-state index is 12.3. The molecule has 4 heterocycles. The first-order chi connectivity index (χ1) is 14.7. The Balaban J connectivity index is 1.22. The molecule has 30 heavy (non-hydrogen) atoms. The van der Waals surface area contributed by atoms with Crippen LogP contribution in [0.4, 0.5) is 0 Å². The van der Waals surface area contributed by atoms with Gasteiger partial charge >= 0.3 is 0 Å². The van der Waals surface area contributed by atoms with Gasteiger partial charge in [0.2, 0.25) is 0 Å². The van der Waals surface area contributed by atoms with Crippen molar-refractivity contribution in [3.8, 4) is 5.82 Å². The Kier molecular flexibility index (Phi) is 5.25. The molecular formula is C22H29N7O. The molecule has 0 spiro atoms. The van der Waals surface area contributed by atoms with Crippen LogP contribution in [-0.4, -0.2) is 47.3 Å². The number of hydrogen-bond donors (Lipinski definition) is 0. The van der Waals surface area contributed by atoms with Crippen molar-refractivity contribution in [3.05, 3.63) is 57.9 Å². The first kappa shape index (κ1) is 19.2. The summed E-state index contributed by atoms with van der Waals surface area (Å²) in [7, 11) is 2.09. The fourth-order valence-corrected chi connectivity index (χ4v) is 4.82. The van der Waals surface area contributed by atoms with E-state index in [-0.39, 0.29) is 5.56 Å². The van der Waals surface area contributed by atoms with Crippen LogP contribution in [0.15, 0.2) is 35.4 Å². The van der Waals surface area contributed by atoms with E-state index in [4.69, 9.17) is 5.10 Å². The van der Waals surface area contributed by atoms with E-state index in [1.165, 1.54) is 36.2 Å². The van der Waals surface area contributed by atoms with Crippen molar-refractivity contribution in [3.63, 3.8) is 0 Å². The van der Waals surface area contributed by atoms with Crippen molar-refractivity contribution in [2.24, 2.45) is 13.0 Å². The largest absolute Gasteiger partial charge is 0.297 e. The third-order valence-corrected chi connectivity index (χ3v) is 6.55. The van der Waals surface area contributed by atoms with Gasteiger partial charge in [0.25, 0.3) is 5.56 Å². The van der Waals surface area contributed by atoms with Gasteiger partial charge < -0.3 is 0 Å². The van der Waals surface area contributed by atoms with Gasteiger partial charge in [-0.05, 0) is 75.2 Å². The molecule has 0 N–H and O–H groups in total. The molecule has 5 rings (SSSR count). The molecule has 0 bridgehead atoms. The van der Waals surface area contributed by atoms with E-state index in [0.717, 1.165) is 38.9 Å². The SMILES string of the molecule is Cn1nc2c(c1CN1CCC(Cn3nc(-n4cccn4)ccc3=O)CC1)CCCC2. The summed E-state index contributed by atoms with van der Waals surface area (Å²) >= 11 is 0. The fraction of sp³-hybridized carbons (Fsp3) is 0.545. The molecule has 3 aromatic rings. The molecule has 0 saturated carbocycles. The Morgan fingerprint density at radius 1 is 1.10 bits per heavy atom. The lowest BCUT2D eigenvalue weighted by molar-refractivity contribution is 0.160. The van der Waals surface area contributed by atoms with Crippen LogP contribution in [0.25, 0.3) is 5.82 Å². The topological polar surface area (TPSA) is 73.8 Å². The summed E-state index contributed by atoms with van der Waals surface area (Å²) in [6.07, 6.45) is 10.6. The molecule has 0 atom stereocenters. The fourth-order valence-electron chi connectivity index (χ4n) is 4.82. The van der Waals surface area contributed by atoms with Crippen LogP contribution in [-0.2, 0) is 33.0 Å². The van der Waals surface area contributed by atoms with Crippen LogP contribution in [0.5, 0.6) is 0 Å². The van der Waals surface area contributed by atoms with Crippen LogP contribution in [0.3, 0.4) is 0 Å². The number of hydrogen-bond acceptors (Lipinski definition) is 5. The normalized spacial score (nSPS) is 17.9. The van der Waals surface area contributed by atoms with Crippen molar-refractivity contribution in [1.29, 1.82) is 0 Å². The highest BCUT2D eigenvalue weighted by Crippen LogP contribution is 2.26. The molecule has 0 aromatic carbocycles. The van der Waals surface area contributed by atoms with Gasteiger partial charge in [-0.2, -0.15) is 10.2 Å². The molecule has 1 aliphatic heterocycles. The van der Waals surface area contributed by atoms with Gasteiger partial charge in [-0.25, -0.2) is 9.36 Å². The van der Waals surface area contributed by atoms with Crippen molar-refractivity contribution in [1.82, 2.24) is 34.2 Å². The first-order valence-electron chi connectivity index (χ1n) is 11.0. The maximum Gasteiger partial charge on any atom is 0.266 e. The minimum atomic E-state index is -0.0464. The molecule has 1 saturated heterocycles. The molecule has 0 amide bonds. The number of aromatic nitrogens is 6. The molecule has 0 unspecified atom stereocenters. The zero-order chi connectivity index (χ0) is 20.5. The monoisotopic (exact) mass is 407 g/mol. The van der Waals surface area contributed by atoms with Crippen molar-refractivity contribution >= 4 is 0 Å². The summed E-state index contributed by atoms with van der Waals surface area (Å²) in [5.74, 6) is 1.15. The summed E-state index contributed by atoms with van der Waals surface area (Å²) < 4.78 is 5.40. The number of piperidine rings is 1. The van der Waals surface area contributed by atoms with Crippen LogP contribution < -0.4 is 5.56 Å². The van der Waals surface area contributed by atoms with Gasteiger partial charge in [0.05, 0.1) is 11.4 Å². The summed E-state index contributed by atoms with van der Waals surface area (Å²) in [4.78, 5) is 14.9. The zero-order valence-corrected chi connectivity index (χ0v) is 17.6. The Bertz CT molecular complexity index is 1060. The predicted molar refractivity (Wildman–Crippen MR) is 113 cm³/mol. The predicted octanol–water partition coefficient (Wildman–Crippen LogP) is 1.95. The van der Waals surface area contributed by atoms with E-state index < -0.39 is 0 Å². The van der Waals surface area contributed by atoms with E-state index in [0.29, 0.717) is 18.3 Å². The molecular weight excluding hydrogens is 378 g/mol. The molecule has 1 aliphatic carbocycles. The number of aryl methyl sites for hydroxylation is 2. The quantitative estimate of drug-likeness (QED) is 0.646. The molecule has 8 nitrogen and oxygen atoms in total. The van der Waals surface area contributed by atoms with E-state index in [1.807, 2.05) is 12.3 Å². The average Bonchev–Trinajstić information content (AvgIpc) is 3.40. The van der Waals surface area contributed by atoms with E-state index in [9.17, 15) is 4.79 Å². The third-order valence-electron chi connectivity index (χ3n) is 6.55. The van der Waals surface area contributed by atoms with E-state index in [2.05, 4.69) is 26.8 Å².